The van der Waals surface area contributed by atoms with Crippen LogP contribution in [0.15, 0.2) is 29.8 Å². The van der Waals surface area contributed by atoms with Gasteiger partial charge >= 0.3 is 37.4 Å². The number of ether oxygens (including phenoxy) is 1. The molecule has 0 spiro atoms. The smallest absolute Gasteiger partial charge is 0.746 e. The number of phosphoric acid groups is 1. The van der Waals surface area contributed by atoms with E-state index in [-0.39, 0.29) is 53.3 Å². The van der Waals surface area contributed by atoms with Gasteiger partial charge in [-0.25, -0.2) is 0 Å². The van der Waals surface area contributed by atoms with Crippen molar-refractivity contribution in [1.29, 1.82) is 0 Å². The molecule has 1 atom stereocenters. The van der Waals surface area contributed by atoms with Crippen molar-refractivity contribution < 1.29 is 53.2 Å². The fraction of sp³-hybridized carbons (Fsp3) is 0.467. The number of rotatable bonds is 6. The summed E-state index contributed by atoms with van der Waals surface area (Å²) >= 11 is 0. The molecule has 8 heteroatoms. The molecule has 1 aromatic rings. The van der Waals surface area contributed by atoms with Crippen LogP contribution in [0.2, 0.25) is 0 Å². The van der Waals surface area contributed by atoms with Crippen molar-refractivity contribution >= 4 is 13.6 Å². The zero-order valence-electron chi connectivity index (χ0n) is 14.7. The van der Waals surface area contributed by atoms with E-state index in [1.807, 2.05) is 6.07 Å². The molecule has 23 heavy (non-hydrogen) atoms. The number of phosphoric ester groups is 1. The van der Waals surface area contributed by atoms with Crippen molar-refractivity contribution in [2.75, 3.05) is 7.11 Å². The fourth-order valence-electron chi connectivity index (χ4n) is 2.42. The van der Waals surface area contributed by atoms with Crippen LogP contribution in [0, 0.1) is 11.8 Å². The molecule has 1 unspecified atom stereocenters. The number of hydrogen-bond acceptors (Lipinski definition) is 5. The average Bonchev–Trinajstić information content (AvgIpc) is 2.32. The van der Waals surface area contributed by atoms with Crippen molar-refractivity contribution in [3.05, 3.63) is 35.4 Å². The Morgan fingerprint density at radius 1 is 1.22 bits per heavy atom. The van der Waals surface area contributed by atoms with Gasteiger partial charge in [0, 0.05) is 5.56 Å². The summed E-state index contributed by atoms with van der Waals surface area (Å²) in [4.78, 5) is 19.6. The van der Waals surface area contributed by atoms with Crippen molar-refractivity contribution in [1.82, 2.24) is 6.15 Å². The predicted octanol–water partition coefficient (Wildman–Crippen LogP) is 0.362. The molecular formula is C15H25NNaO5P. The van der Waals surface area contributed by atoms with Gasteiger partial charge in [0.15, 0.2) is 0 Å². The Morgan fingerprint density at radius 2 is 1.74 bits per heavy atom. The second kappa shape index (κ2) is 10.5. The minimum absolute atomic E-state index is 0. The molecule has 0 heterocycles. The van der Waals surface area contributed by atoms with Crippen molar-refractivity contribution in [3.8, 4) is 5.75 Å². The van der Waals surface area contributed by atoms with Gasteiger partial charge < -0.3 is 25.2 Å². The van der Waals surface area contributed by atoms with E-state index in [2.05, 4.69) is 32.2 Å². The third-order valence-corrected chi connectivity index (χ3v) is 3.47. The van der Waals surface area contributed by atoms with Gasteiger partial charge in [0.1, 0.15) is 11.5 Å². The van der Waals surface area contributed by atoms with Gasteiger partial charge in [0.05, 0.1) is 7.11 Å². The van der Waals surface area contributed by atoms with Crippen molar-refractivity contribution in [3.63, 3.8) is 0 Å². The first-order valence-electron chi connectivity index (χ1n) is 6.77. The van der Waals surface area contributed by atoms with Crippen LogP contribution in [0.1, 0.15) is 33.3 Å². The van der Waals surface area contributed by atoms with E-state index < -0.39 is 7.82 Å². The van der Waals surface area contributed by atoms with E-state index in [1.54, 1.807) is 13.2 Å². The Bertz CT molecular complexity index is 559. The summed E-state index contributed by atoms with van der Waals surface area (Å²) < 4.78 is 20.9. The summed E-state index contributed by atoms with van der Waals surface area (Å²) in [6, 6.07) is 6.45. The third-order valence-electron chi connectivity index (χ3n) is 3.03. The van der Waals surface area contributed by atoms with E-state index >= 15 is 0 Å². The van der Waals surface area contributed by atoms with Crippen molar-refractivity contribution in [2.24, 2.45) is 11.8 Å². The van der Waals surface area contributed by atoms with E-state index in [0.717, 1.165) is 5.57 Å². The van der Waals surface area contributed by atoms with Crippen LogP contribution in [0.5, 0.6) is 5.75 Å². The Labute approximate surface area is 160 Å². The second-order valence-electron chi connectivity index (χ2n) is 5.39. The van der Waals surface area contributed by atoms with Crippen molar-refractivity contribution in [2.45, 2.75) is 27.7 Å². The van der Waals surface area contributed by atoms with Crippen LogP contribution in [-0.2, 0) is 9.30 Å². The Morgan fingerprint density at radius 3 is 2.13 bits per heavy atom. The molecule has 1 aromatic carbocycles. The molecule has 0 aliphatic rings. The number of allylic oxidation sites excluding steroid dienone is 1. The van der Waals surface area contributed by atoms with Gasteiger partial charge in [-0.3, -0.25) is 4.57 Å². The molecule has 0 aromatic heterocycles. The molecule has 0 bridgehead atoms. The van der Waals surface area contributed by atoms with Gasteiger partial charge in [-0.2, -0.15) is 0 Å². The molecule has 0 fully saturated rings. The SMILES string of the molecule is COC(=C(C(C)C)C(C)C)c1cccc(OP(=O)([O-])O)c1.N.[Na+]. The summed E-state index contributed by atoms with van der Waals surface area (Å²) in [5, 5.41) is 0. The fourth-order valence-corrected chi connectivity index (χ4v) is 2.80. The van der Waals surface area contributed by atoms with Gasteiger partial charge in [-0.15, -0.1) is 0 Å². The number of hydrogen-bond donors (Lipinski definition) is 2. The van der Waals surface area contributed by atoms with Crippen LogP contribution in [0.3, 0.4) is 0 Å². The van der Waals surface area contributed by atoms with Crippen LogP contribution in [-0.4, -0.2) is 12.0 Å². The Hall–Kier alpha value is -0.330. The second-order valence-corrected chi connectivity index (χ2v) is 6.51. The van der Waals surface area contributed by atoms with E-state index in [4.69, 9.17) is 9.63 Å². The maximum Gasteiger partial charge on any atom is 1.00 e. The normalized spacial score (nSPS) is 12.7. The molecule has 0 saturated carbocycles. The zero-order chi connectivity index (χ0) is 16.2. The molecule has 0 aliphatic heterocycles. The van der Waals surface area contributed by atoms with Crippen LogP contribution in [0.4, 0.5) is 0 Å². The first-order chi connectivity index (χ1) is 9.65. The molecule has 0 amide bonds. The van der Waals surface area contributed by atoms with E-state index in [0.29, 0.717) is 11.3 Å². The summed E-state index contributed by atoms with van der Waals surface area (Å²) in [5.74, 6) is 1.32. The third kappa shape index (κ3) is 7.86. The summed E-state index contributed by atoms with van der Waals surface area (Å²) in [6.07, 6.45) is 0. The quantitative estimate of drug-likeness (QED) is 0.434. The minimum atomic E-state index is -4.81. The van der Waals surface area contributed by atoms with Crippen LogP contribution < -0.4 is 45.1 Å². The van der Waals surface area contributed by atoms with Crippen LogP contribution in [0.25, 0.3) is 5.76 Å². The number of methoxy groups -OCH3 is 1. The maximum absolute atomic E-state index is 10.8. The van der Waals surface area contributed by atoms with Gasteiger partial charge in [0.2, 0.25) is 0 Å². The largest absolute Gasteiger partial charge is 1.00 e. The summed E-state index contributed by atoms with van der Waals surface area (Å²) in [7, 11) is -3.23. The van der Waals surface area contributed by atoms with Gasteiger partial charge in [-0.05, 0) is 29.5 Å². The molecule has 1 rings (SSSR count). The molecule has 6 nitrogen and oxygen atoms in total. The van der Waals surface area contributed by atoms with Gasteiger partial charge in [-0.1, -0.05) is 39.8 Å². The zero-order valence-corrected chi connectivity index (χ0v) is 17.6. The Balaban J connectivity index is 0. The minimum Gasteiger partial charge on any atom is -0.746 e. The van der Waals surface area contributed by atoms with Gasteiger partial charge in [0.25, 0.3) is 0 Å². The Kier molecular flexibility index (Phi) is 11.4. The molecular weight excluding hydrogens is 328 g/mol. The van der Waals surface area contributed by atoms with Crippen LogP contribution >= 0.6 is 7.82 Å². The van der Waals surface area contributed by atoms with E-state index in [9.17, 15) is 9.46 Å². The summed E-state index contributed by atoms with van der Waals surface area (Å²) in [6.45, 7) is 8.31. The standard InChI is InChI=1S/C15H23O5P.H3N.Na/c1-10(2)14(11(3)4)15(19-5)12-7-6-8-13(9-12)20-21(16,17)18;;/h6-11H,1-5H3,(H2,16,17,18);1H3;/q;;+1/p-1. The average molecular weight is 353 g/mol. The topological polar surface area (TPSA) is 114 Å². The van der Waals surface area contributed by atoms with E-state index in [1.165, 1.54) is 12.1 Å². The number of benzene rings is 1. The molecule has 4 N–H and O–H groups in total. The first kappa shape index (κ1) is 24.9. The molecule has 0 radical (unpaired) electrons. The first-order valence-corrected chi connectivity index (χ1v) is 8.27. The summed E-state index contributed by atoms with van der Waals surface area (Å²) in [5.41, 5.74) is 1.84. The molecule has 0 aliphatic carbocycles. The predicted molar refractivity (Wildman–Crippen MR) is 85.5 cm³/mol. The monoisotopic (exact) mass is 353 g/mol. The maximum atomic E-state index is 10.8. The molecule has 126 valence electrons. The molecule has 0 saturated heterocycles.